The maximum Gasteiger partial charge on any atom is 0.191 e. The minimum atomic E-state index is -0.247. The number of nitrogens with zero attached hydrogens (tertiary/aromatic N) is 1. The van der Waals surface area contributed by atoms with Gasteiger partial charge in [-0.3, -0.25) is 4.99 Å². The van der Waals surface area contributed by atoms with Gasteiger partial charge in [0.1, 0.15) is 11.6 Å². The van der Waals surface area contributed by atoms with Gasteiger partial charge in [0.05, 0.1) is 6.61 Å². The molecule has 20 heavy (non-hydrogen) atoms. The zero-order valence-corrected chi connectivity index (χ0v) is 12.0. The summed E-state index contributed by atoms with van der Waals surface area (Å²) >= 11 is 0. The van der Waals surface area contributed by atoms with Crippen molar-refractivity contribution in [2.24, 2.45) is 10.9 Å². The predicted molar refractivity (Wildman–Crippen MR) is 78.6 cm³/mol. The van der Waals surface area contributed by atoms with E-state index in [1.807, 2.05) is 0 Å². The summed E-state index contributed by atoms with van der Waals surface area (Å²) < 4.78 is 18.2. The van der Waals surface area contributed by atoms with Crippen LogP contribution < -0.4 is 15.4 Å². The summed E-state index contributed by atoms with van der Waals surface area (Å²) in [5, 5.41) is 6.62. The van der Waals surface area contributed by atoms with Crippen molar-refractivity contribution >= 4 is 5.96 Å². The SMILES string of the molecule is CN=C(NCCCOc1ccc(F)cc1)NC1CC1C. The molecule has 1 fully saturated rings. The zero-order valence-electron chi connectivity index (χ0n) is 12.0. The molecule has 0 bridgehead atoms. The second-order valence-corrected chi connectivity index (χ2v) is 5.12. The molecule has 0 amide bonds. The van der Waals surface area contributed by atoms with E-state index < -0.39 is 0 Å². The van der Waals surface area contributed by atoms with Gasteiger partial charge in [-0.15, -0.1) is 0 Å². The van der Waals surface area contributed by atoms with Crippen LogP contribution in [0.15, 0.2) is 29.3 Å². The van der Waals surface area contributed by atoms with Gasteiger partial charge in [-0.2, -0.15) is 0 Å². The van der Waals surface area contributed by atoms with Gasteiger partial charge in [0.15, 0.2) is 5.96 Å². The summed E-state index contributed by atoms with van der Waals surface area (Å²) in [5.74, 6) is 2.04. The highest BCUT2D eigenvalue weighted by Crippen LogP contribution is 2.28. The van der Waals surface area contributed by atoms with Crippen LogP contribution in [-0.4, -0.2) is 32.2 Å². The molecule has 0 spiro atoms. The third-order valence-electron chi connectivity index (χ3n) is 3.35. The van der Waals surface area contributed by atoms with Gasteiger partial charge >= 0.3 is 0 Å². The third-order valence-corrected chi connectivity index (χ3v) is 3.35. The number of benzene rings is 1. The lowest BCUT2D eigenvalue weighted by Gasteiger charge is -2.11. The van der Waals surface area contributed by atoms with Crippen molar-refractivity contribution in [1.82, 2.24) is 10.6 Å². The molecule has 1 aromatic carbocycles. The molecular weight excluding hydrogens is 257 g/mol. The third kappa shape index (κ3) is 4.72. The lowest BCUT2D eigenvalue weighted by atomic mass is 10.3. The minimum Gasteiger partial charge on any atom is -0.494 e. The average Bonchev–Trinajstić information content (AvgIpc) is 3.14. The Morgan fingerprint density at radius 3 is 2.70 bits per heavy atom. The molecule has 0 radical (unpaired) electrons. The molecule has 0 aliphatic heterocycles. The molecule has 2 N–H and O–H groups in total. The van der Waals surface area contributed by atoms with Crippen LogP contribution in [0.25, 0.3) is 0 Å². The number of hydrogen-bond donors (Lipinski definition) is 2. The Labute approximate surface area is 119 Å². The first-order valence-electron chi connectivity index (χ1n) is 7.04. The van der Waals surface area contributed by atoms with Crippen molar-refractivity contribution in [2.45, 2.75) is 25.8 Å². The number of rotatable bonds is 6. The molecule has 2 atom stereocenters. The largest absolute Gasteiger partial charge is 0.494 e. The Balaban J connectivity index is 1.57. The van der Waals surface area contributed by atoms with Gasteiger partial charge in [-0.1, -0.05) is 6.92 Å². The van der Waals surface area contributed by atoms with Crippen LogP contribution in [0.3, 0.4) is 0 Å². The van der Waals surface area contributed by atoms with Crippen molar-refractivity contribution in [3.8, 4) is 5.75 Å². The van der Waals surface area contributed by atoms with Crippen LogP contribution in [0, 0.1) is 11.7 Å². The molecule has 2 unspecified atom stereocenters. The summed E-state index contributed by atoms with van der Waals surface area (Å²) in [6.45, 7) is 3.61. The monoisotopic (exact) mass is 279 g/mol. The first-order chi connectivity index (χ1) is 9.69. The quantitative estimate of drug-likeness (QED) is 0.476. The van der Waals surface area contributed by atoms with E-state index in [1.165, 1.54) is 18.6 Å². The van der Waals surface area contributed by atoms with Crippen LogP contribution >= 0.6 is 0 Å². The fourth-order valence-electron chi connectivity index (χ4n) is 1.89. The maximum absolute atomic E-state index is 12.7. The Morgan fingerprint density at radius 1 is 1.40 bits per heavy atom. The molecule has 1 aliphatic carbocycles. The second-order valence-electron chi connectivity index (χ2n) is 5.12. The van der Waals surface area contributed by atoms with Gasteiger partial charge < -0.3 is 15.4 Å². The topological polar surface area (TPSA) is 45.7 Å². The molecule has 0 aromatic heterocycles. The number of aliphatic imine (C=N–C) groups is 1. The maximum atomic E-state index is 12.7. The number of ether oxygens (including phenoxy) is 1. The number of guanidine groups is 1. The molecular formula is C15H22FN3O. The van der Waals surface area contributed by atoms with E-state index in [4.69, 9.17) is 4.74 Å². The Hall–Kier alpha value is -1.78. The molecule has 4 nitrogen and oxygen atoms in total. The van der Waals surface area contributed by atoms with Crippen molar-refractivity contribution in [1.29, 1.82) is 0 Å². The first-order valence-corrected chi connectivity index (χ1v) is 7.04. The highest BCUT2D eigenvalue weighted by Gasteiger charge is 2.33. The number of hydrogen-bond acceptors (Lipinski definition) is 2. The van der Waals surface area contributed by atoms with E-state index in [1.54, 1.807) is 19.2 Å². The predicted octanol–water partition coefficient (Wildman–Crippen LogP) is 2.17. The van der Waals surface area contributed by atoms with Crippen molar-refractivity contribution < 1.29 is 9.13 Å². The Kier molecular flexibility index (Phi) is 5.21. The van der Waals surface area contributed by atoms with E-state index in [9.17, 15) is 4.39 Å². The molecule has 1 saturated carbocycles. The highest BCUT2D eigenvalue weighted by molar-refractivity contribution is 5.80. The van der Waals surface area contributed by atoms with Crippen LogP contribution in [0.1, 0.15) is 19.8 Å². The molecule has 0 heterocycles. The van der Waals surface area contributed by atoms with Crippen molar-refractivity contribution in [2.75, 3.05) is 20.2 Å². The summed E-state index contributed by atoms with van der Waals surface area (Å²) in [6, 6.07) is 6.64. The van der Waals surface area contributed by atoms with Gasteiger partial charge in [-0.25, -0.2) is 4.39 Å². The summed E-state index contributed by atoms with van der Waals surface area (Å²) in [7, 11) is 1.78. The fraction of sp³-hybridized carbons (Fsp3) is 0.533. The normalized spacial score (nSPS) is 21.4. The smallest absolute Gasteiger partial charge is 0.191 e. The van der Waals surface area contributed by atoms with Crippen molar-refractivity contribution in [3.05, 3.63) is 30.1 Å². The lowest BCUT2D eigenvalue weighted by molar-refractivity contribution is 0.310. The Morgan fingerprint density at radius 2 is 2.10 bits per heavy atom. The van der Waals surface area contributed by atoms with Gasteiger partial charge in [0.25, 0.3) is 0 Å². The number of halogens is 1. The van der Waals surface area contributed by atoms with E-state index >= 15 is 0 Å². The van der Waals surface area contributed by atoms with E-state index in [0.717, 1.165) is 24.8 Å². The first kappa shape index (κ1) is 14.6. The summed E-state index contributed by atoms with van der Waals surface area (Å²) in [6.07, 6.45) is 2.08. The summed E-state index contributed by atoms with van der Waals surface area (Å²) in [5.41, 5.74) is 0. The van der Waals surface area contributed by atoms with Crippen LogP contribution in [0.5, 0.6) is 5.75 Å². The summed E-state index contributed by atoms with van der Waals surface area (Å²) in [4.78, 5) is 4.18. The van der Waals surface area contributed by atoms with Crippen LogP contribution in [-0.2, 0) is 0 Å². The van der Waals surface area contributed by atoms with E-state index in [-0.39, 0.29) is 5.82 Å². The second kappa shape index (κ2) is 7.12. The van der Waals surface area contributed by atoms with Crippen LogP contribution in [0.2, 0.25) is 0 Å². The highest BCUT2D eigenvalue weighted by atomic mass is 19.1. The van der Waals surface area contributed by atoms with Gasteiger partial charge in [-0.05, 0) is 43.0 Å². The molecule has 1 aromatic rings. The van der Waals surface area contributed by atoms with Gasteiger partial charge in [0.2, 0.25) is 0 Å². The average molecular weight is 279 g/mol. The van der Waals surface area contributed by atoms with E-state index in [2.05, 4.69) is 22.5 Å². The molecule has 2 rings (SSSR count). The zero-order chi connectivity index (χ0) is 14.4. The lowest BCUT2D eigenvalue weighted by Crippen LogP contribution is -2.39. The minimum absolute atomic E-state index is 0.247. The molecule has 0 saturated heterocycles. The van der Waals surface area contributed by atoms with Gasteiger partial charge in [0, 0.05) is 19.6 Å². The van der Waals surface area contributed by atoms with Crippen molar-refractivity contribution in [3.63, 3.8) is 0 Å². The molecule has 1 aliphatic rings. The standard InChI is InChI=1S/C15H22FN3O/c1-11-10-14(11)19-15(17-2)18-8-3-9-20-13-6-4-12(16)5-7-13/h4-7,11,14H,3,8-10H2,1-2H3,(H2,17,18,19). The van der Waals surface area contributed by atoms with E-state index in [0.29, 0.717) is 18.4 Å². The van der Waals surface area contributed by atoms with Crippen LogP contribution in [0.4, 0.5) is 4.39 Å². The molecule has 110 valence electrons. The Bertz CT molecular complexity index is 447. The number of nitrogens with one attached hydrogen (secondary N) is 2. The molecule has 5 heteroatoms. The fourth-order valence-corrected chi connectivity index (χ4v) is 1.89.